The summed E-state index contributed by atoms with van der Waals surface area (Å²) in [6, 6.07) is 3.54. The summed E-state index contributed by atoms with van der Waals surface area (Å²) < 4.78 is 0.267. The first kappa shape index (κ1) is 13.3. The van der Waals surface area contributed by atoms with Crippen molar-refractivity contribution in [2.45, 2.75) is 24.5 Å². The van der Waals surface area contributed by atoms with Crippen molar-refractivity contribution in [1.29, 1.82) is 0 Å². The maximum atomic E-state index is 11.7. The molecular weight excluding hydrogens is 272 g/mol. The predicted octanol–water partition coefficient (Wildman–Crippen LogP) is 2.20. The summed E-state index contributed by atoms with van der Waals surface area (Å²) >= 11 is 2.00. The molecule has 1 unspecified atom stereocenters. The molecule has 1 fully saturated rings. The molecule has 2 heterocycles. The van der Waals surface area contributed by atoms with Gasteiger partial charge >= 0.3 is 0 Å². The third-order valence-corrected chi connectivity index (χ3v) is 5.30. The number of nitrogens with two attached hydrogens (primary N) is 1. The second-order valence-electron chi connectivity index (χ2n) is 5.44. The van der Waals surface area contributed by atoms with Gasteiger partial charge in [0.2, 0.25) is 0 Å². The lowest BCUT2D eigenvalue weighted by atomic mass is 10.1. The van der Waals surface area contributed by atoms with E-state index in [-0.39, 0.29) is 10.3 Å². The van der Waals surface area contributed by atoms with E-state index in [1.807, 2.05) is 17.8 Å². The summed E-state index contributed by atoms with van der Waals surface area (Å²) in [6.07, 6.45) is 3.90. The summed E-state index contributed by atoms with van der Waals surface area (Å²) in [5, 5.41) is 3.93. The smallest absolute Gasteiger partial charge is 0.258 e. The zero-order valence-electron chi connectivity index (χ0n) is 11.4. The zero-order valence-corrected chi connectivity index (χ0v) is 12.2. The number of nitrogens with one attached hydrogen (secondary N) is 2. The third-order valence-electron chi connectivity index (χ3n) is 3.77. The van der Waals surface area contributed by atoms with Crippen molar-refractivity contribution in [3.8, 4) is 0 Å². The van der Waals surface area contributed by atoms with Gasteiger partial charge in [0.1, 0.15) is 0 Å². The second-order valence-corrected chi connectivity index (χ2v) is 7.13. The maximum Gasteiger partial charge on any atom is 0.258 e. The molecule has 6 heteroatoms. The molecule has 1 saturated heterocycles. The molecule has 1 aromatic carbocycles. The van der Waals surface area contributed by atoms with Gasteiger partial charge in [0.05, 0.1) is 28.6 Å². The normalized spacial score (nSPS) is 22.2. The minimum Gasteiger partial charge on any atom is -0.397 e. The van der Waals surface area contributed by atoms with E-state index in [4.69, 9.17) is 5.73 Å². The van der Waals surface area contributed by atoms with E-state index in [2.05, 4.69) is 22.2 Å². The topological polar surface area (TPSA) is 83.8 Å². The Kier molecular flexibility index (Phi) is 3.33. The Morgan fingerprint density at radius 2 is 2.40 bits per heavy atom. The van der Waals surface area contributed by atoms with Gasteiger partial charge in [-0.15, -0.1) is 0 Å². The van der Waals surface area contributed by atoms with Gasteiger partial charge in [-0.25, -0.2) is 4.98 Å². The first-order chi connectivity index (χ1) is 9.57. The molecule has 5 nitrogen and oxygen atoms in total. The summed E-state index contributed by atoms with van der Waals surface area (Å²) in [6.45, 7) is 3.15. The fourth-order valence-corrected chi connectivity index (χ4v) is 3.79. The monoisotopic (exact) mass is 290 g/mol. The molecular formula is C14H18N4OS. The molecule has 3 rings (SSSR count). The lowest BCUT2D eigenvalue weighted by molar-refractivity contribution is 0.635. The Bertz CT molecular complexity index is 691. The van der Waals surface area contributed by atoms with Crippen LogP contribution in [0.3, 0.4) is 0 Å². The highest BCUT2D eigenvalue weighted by Crippen LogP contribution is 2.38. The van der Waals surface area contributed by atoms with Crippen molar-refractivity contribution < 1.29 is 0 Å². The van der Waals surface area contributed by atoms with E-state index in [1.54, 1.807) is 6.07 Å². The van der Waals surface area contributed by atoms with Crippen molar-refractivity contribution in [1.82, 2.24) is 9.97 Å². The Morgan fingerprint density at radius 3 is 3.15 bits per heavy atom. The molecule has 0 spiro atoms. The number of aromatic nitrogens is 2. The highest BCUT2D eigenvalue weighted by atomic mass is 32.2. The van der Waals surface area contributed by atoms with Crippen LogP contribution in [0.5, 0.6) is 0 Å². The average Bonchev–Trinajstić information content (AvgIpc) is 2.85. The van der Waals surface area contributed by atoms with Gasteiger partial charge in [-0.3, -0.25) is 4.79 Å². The highest BCUT2D eigenvalue weighted by Gasteiger charge is 2.29. The molecule has 20 heavy (non-hydrogen) atoms. The number of thioether (sulfide) groups is 1. The second kappa shape index (κ2) is 5.01. The number of anilines is 2. The molecule has 0 saturated carbocycles. The minimum absolute atomic E-state index is 0.161. The molecule has 1 aromatic heterocycles. The van der Waals surface area contributed by atoms with Crippen LogP contribution in [0, 0.1) is 0 Å². The Balaban J connectivity index is 1.88. The van der Waals surface area contributed by atoms with Crippen LogP contribution < -0.4 is 16.6 Å². The molecule has 1 atom stereocenters. The molecule has 0 amide bonds. The van der Waals surface area contributed by atoms with Crippen LogP contribution in [0.2, 0.25) is 0 Å². The van der Waals surface area contributed by atoms with Crippen LogP contribution in [0.25, 0.3) is 10.9 Å². The molecule has 1 aliphatic rings. The van der Waals surface area contributed by atoms with E-state index in [0.717, 1.165) is 12.2 Å². The Hall–Kier alpha value is -1.69. The molecule has 2 aromatic rings. The van der Waals surface area contributed by atoms with Crippen molar-refractivity contribution >= 4 is 34.0 Å². The van der Waals surface area contributed by atoms with Crippen molar-refractivity contribution in [3.63, 3.8) is 0 Å². The predicted molar refractivity (Wildman–Crippen MR) is 85.4 cm³/mol. The van der Waals surface area contributed by atoms with Gasteiger partial charge in [0, 0.05) is 11.3 Å². The quantitative estimate of drug-likeness (QED) is 0.755. The number of fused-ring (bicyclic) bond motifs is 1. The number of rotatable bonds is 3. The van der Waals surface area contributed by atoms with Crippen LogP contribution in [0.1, 0.15) is 19.8 Å². The summed E-state index contributed by atoms with van der Waals surface area (Å²) in [5.74, 6) is 1.22. The average molecular weight is 290 g/mol. The van der Waals surface area contributed by atoms with E-state index in [9.17, 15) is 4.79 Å². The summed E-state index contributed by atoms with van der Waals surface area (Å²) in [5.41, 5.74) is 7.97. The third kappa shape index (κ3) is 2.47. The molecule has 106 valence electrons. The number of nitrogens with zero attached hydrogens (tertiary/aromatic N) is 1. The van der Waals surface area contributed by atoms with Gasteiger partial charge in [0.15, 0.2) is 0 Å². The fourth-order valence-electron chi connectivity index (χ4n) is 2.54. The molecule has 4 N–H and O–H groups in total. The number of H-pyrrole nitrogens is 1. The first-order valence-corrected chi connectivity index (χ1v) is 7.71. The van der Waals surface area contributed by atoms with Gasteiger partial charge < -0.3 is 16.0 Å². The largest absolute Gasteiger partial charge is 0.397 e. The Morgan fingerprint density at radius 1 is 1.55 bits per heavy atom. The number of hydrogen-bond acceptors (Lipinski definition) is 5. The van der Waals surface area contributed by atoms with Gasteiger partial charge in [-0.05, 0) is 37.7 Å². The summed E-state index contributed by atoms with van der Waals surface area (Å²) in [7, 11) is 0. The van der Waals surface area contributed by atoms with Crippen LogP contribution >= 0.6 is 11.8 Å². The lowest BCUT2D eigenvalue weighted by Gasteiger charge is -2.24. The number of nitrogen functional groups attached to an aromatic ring is 1. The highest BCUT2D eigenvalue weighted by molar-refractivity contribution is 8.00. The first-order valence-electron chi connectivity index (χ1n) is 6.72. The van der Waals surface area contributed by atoms with Crippen molar-refractivity contribution in [3.05, 3.63) is 28.8 Å². The fraction of sp³-hybridized carbons (Fsp3) is 0.429. The Labute approximate surface area is 121 Å². The maximum absolute atomic E-state index is 11.7. The SMILES string of the molecule is CC1(CNc2cc3nc[nH]c(=O)c3cc2N)CCCS1. The lowest BCUT2D eigenvalue weighted by Crippen LogP contribution is -2.27. The minimum atomic E-state index is -0.161. The van der Waals surface area contributed by atoms with E-state index >= 15 is 0 Å². The van der Waals surface area contributed by atoms with Crippen LogP contribution in [0.15, 0.2) is 23.3 Å². The molecule has 0 radical (unpaired) electrons. The molecule has 1 aliphatic heterocycles. The molecule has 0 bridgehead atoms. The number of benzene rings is 1. The van der Waals surface area contributed by atoms with E-state index in [0.29, 0.717) is 16.6 Å². The number of hydrogen-bond donors (Lipinski definition) is 3. The van der Waals surface area contributed by atoms with Crippen LogP contribution in [-0.2, 0) is 0 Å². The van der Waals surface area contributed by atoms with E-state index in [1.165, 1.54) is 24.9 Å². The van der Waals surface area contributed by atoms with Gasteiger partial charge in [-0.2, -0.15) is 11.8 Å². The standard InChI is InChI=1S/C14H18N4OS/c1-14(3-2-4-20-14)7-16-12-6-11-9(5-10(12)15)13(19)18-8-17-11/h5-6,8,16H,2-4,7,15H2,1H3,(H,17,18,19). The van der Waals surface area contributed by atoms with Gasteiger partial charge in [-0.1, -0.05) is 0 Å². The number of aromatic amines is 1. The van der Waals surface area contributed by atoms with Gasteiger partial charge in [0.25, 0.3) is 5.56 Å². The zero-order chi connectivity index (χ0) is 14.2. The molecule has 0 aliphatic carbocycles. The van der Waals surface area contributed by atoms with Crippen LogP contribution in [-0.4, -0.2) is 27.0 Å². The van der Waals surface area contributed by atoms with Crippen LogP contribution in [0.4, 0.5) is 11.4 Å². The summed E-state index contributed by atoms with van der Waals surface area (Å²) in [4.78, 5) is 18.4. The van der Waals surface area contributed by atoms with Crippen molar-refractivity contribution in [2.75, 3.05) is 23.3 Å². The van der Waals surface area contributed by atoms with Crippen molar-refractivity contribution in [2.24, 2.45) is 0 Å². The van der Waals surface area contributed by atoms with E-state index < -0.39 is 0 Å².